The number of carbonyl (C=O) groups is 1. The first kappa shape index (κ1) is 15.8. The Morgan fingerprint density at radius 3 is 2.14 bits per heavy atom. The molecule has 0 spiro atoms. The summed E-state index contributed by atoms with van der Waals surface area (Å²) in [5.74, 6) is 0.604. The van der Waals surface area contributed by atoms with E-state index in [0.29, 0.717) is 11.3 Å². The minimum atomic E-state index is -0.903. The predicted octanol–water partition coefficient (Wildman–Crippen LogP) is 5.10. The van der Waals surface area contributed by atoms with Crippen LogP contribution < -0.4 is 0 Å². The zero-order chi connectivity index (χ0) is 15.5. The Balaban J connectivity index is 1.96. The first-order chi connectivity index (χ1) is 9.86. The minimum absolute atomic E-state index is 0.427. The molecule has 1 aliphatic carbocycles. The fourth-order valence-electron chi connectivity index (χ4n) is 3.34. The van der Waals surface area contributed by atoms with Crippen molar-refractivity contribution in [2.45, 2.75) is 52.4 Å². The Labute approximate surface area is 127 Å². The molecule has 0 radical (unpaired) electrons. The van der Waals surface area contributed by atoms with Crippen LogP contribution in [-0.2, 0) is 4.79 Å². The molecule has 2 nitrogen and oxygen atoms in total. The van der Waals surface area contributed by atoms with E-state index in [1.165, 1.54) is 37.3 Å². The summed E-state index contributed by atoms with van der Waals surface area (Å²) >= 11 is 0. The number of hydrogen-bond donors (Lipinski definition) is 1. The lowest BCUT2D eigenvalue weighted by atomic mass is 9.68. The van der Waals surface area contributed by atoms with Gasteiger partial charge in [-0.2, -0.15) is 0 Å². The van der Waals surface area contributed by atoms with Crippen molar-refractivity contribution in [1.29, 1.82) is 0 Å². The molecule has 0 saturated heterocycles. The molecule has 1 saturated carbocycles. The predicted molar refractivity (Wildman–Crippen MR) is 87.3 cm³/mol. The van der Waals surface area contributed by atoms with Crippen molar-refractivity contribution in [3.63, 3.8) is 0 Å². The van der Waals surface area contributed by atoms with Crippen LogP contribution in [0.1, 0.15) is 63.5 Å². The summed E-state index contributed by atoms with van der Waals surface area (Å²) in [7, 11) is 0. The van der Waals surface area contributed by atoms with Crippen LogP contribution >= 0.6 is 0 Å². The van der Waals surface area contributed by atoms with Gasteiger partial charge in [0.2, 0.25) is 0 Å². The van der Waals surface area contributed by atoms with Gasteiger partial charge in [-0.1, -0.05) is 45.0 Å². The Kier molecular flexibility index (Phi) is 4.87. The van der Waals surface area contributed by atoms with Gasteiger partial charge in [0.25, 0.3) is 0 Å². The molecule has 1 aromatic carbocycles. The maximum absolute atomic E-state index is 10.5. The van der Waals surface area contributed by atoms with Gasteiger partial charge in [-0.3, -0.25) is 0 Å². The maximum Gasteiger partial charge on any atom is 0.328 e. The topological polar surface area (TPSA) is 37.3 Å². The highest BCUT2D eigenvalue weighted by Gasteiger charge is 2.29. The van der Waals surface area contributed by atoms with Crippen molar-refractivity contribution in [3.05, 3.63) is 41.5 Å². The minimum Gasteiger partial charge on any atom is -0.478 e. The highest BCUT2D eigenvalue weighted by molar-refractivity contribution is 5.85. The molecule has 1 N–H and O–H groups in total. The number of carboxylic acids is 1. The zero-order valence-electron chi connectivity index (χ0n) is 13.3. The van der Waals surface area contributed by atoms with Crippen LogP contribution in [0.15, 0.2) is 30.3 Å². The first-order valence-corrected chi connectivity index (χ1v) is 7.87. The maximum atomic E-state index is 10.5. The van der Waals surface area contributed by atoms with E-state index in [0.717, 1.165) is 11.5 Å². The Morgan fingerprint density at radius 1 is 1.10 bits per heavy atom. The molecule has 1 aromatic rings. The molecule has 0 aliphatic heterocycles. The van der Waals surface area contributed by atoms with Gasteiger partial charge in [0.05, 0.1) is 0 Å². The van der Waals surface area contributed by atoms with E-state index in [9.17, 15) is 4.79 Å². The molecular weight excluding hydrogens is 260 g/mol. The van der Waals surface area contributed by atoms with Crippen LogP contribution in [0.2, 0.25) is 0 Å². The molecule has 0 amide bonds. The smallest absolute Gasteiger partial charge is 0.328 e. The Bertz CT molecular complexity index is 497. The zero-order valence-corrected chi connectivity index (χ0v) is 13.3. The molecule has 0 bridgehead atoms. The van der Waals surface area contributed by atoms with Crippen molar-refractivity contribution in [2.75, 3.05) is 0 Å². The van der Waals surface area contributed by atoms with Crippen molar-refractivity contribution >= 4 is 12.0 Å². The molecular formula is C19H26O2. The molecule has 114 valence electrons. The molecule has 2 rings (SSSR count). The van der Waals surface area contributed by atoms with E-state index in [-0.39, 0.29) is 0 Å². The van der Waals surface area contributed by atoms with E-state index in [4.69, 9.17) is 5.11 Å². The van der Waals surface area contributed by atoms with Crippen LogP contribution in [0.4, 0.5) is 0 Å². The number of carboxylic acid groups (broad SMARTS) is 1. The highest BCUT2D eigenvalue weighted by Crippen LogP contribution is 2.43. The quantitative estimate of drug-likeness (QED) is 0.784. The fourth-order valence-corrected chi connectivity index (χ4v) is 3.34. The van der Waals surface area contributed by atoms with Gasteiger partial charge in [0, 0.05) is 6.08 Å². The monoisotopic (exact) mass is 286 g/mol. The lowest BCUT2D eigenvalue weighted by Gasteiger charge is -2.37. The van der Waals surface area contributed by atoms with Crippen molar-refractivity contribution in [2.24, 2.45) is 11.3 Å². The van der Waals surface area contributed by atoms with E-state index < -0.39 is 5.97 Å². The van der Waals surface area contributed by atoms with E-state index in [2.05, 4.69) is 32.9 Å². The summed E-state index contributed by atoms with van der Waals surface area (Å²) in [6, 6.07) is 8.35. The molecule has 1 aliphatic rings. The second kappa shape index (κ2) is 6.46. The van der Waals surface area contributed by atoms with E-state index >= 15 is 0 Å². The summed E-state index contributed by atoms with van der Waals surface area (Å²) in [4.78, 5) is 10.5. The standard InChI is InChI=1S/C19H26O2/c1-19(2,3)17-11-9-16(10-12-17)15-7-4-14(5-8-15)6-13-18(20)21/h4-8,13,16-17H,9-12H2,1-3H3,(H,20,21). The van der Waals surface area contributed by atoms with E-state index in [1.54, 1.807) is 6.08 Å². The van der Waals surface area contributed by atoms with Gasteiger partial charge in [-0.15, -0.1) is 0 Å². The van der Waals surface area contributed by atoms with Gasteiger partial charge in [0.15, 0.2) is 0 Å². The van der Waals surface area contributed by atoms with Gasteiger partial charge in [-0.25, -0.2) is 4.79 Å². The molecule has 0 unspecified atom stereocenters. The number of benzene rings is 1. The summed E-state index contributed by atoms with van der Waals surface area (Å²) in [6.07, 6.45) is 7.99. The number of rotatable bonds is 3. The largest absolute Gasteiger partial charge is 0.478 e. The third-order valence-corrected chi connectivity index (χ3v) is 4.78. The summed E-state index contributed by atoms with van der Waals surface area (Å²) < 4.78 is 0. The van der Waals surface area contributed by atoms with Crippen molar-refractivity contribution in [1.82, 2.24) is 0 Å². The summed E-state index contributed by atoms with van der Waals surface area (Å²) in [5.41, 5.74) is 2.77. The Hall–Kier alpha value is -1.57. The Morgan fingerprint density at radius 2 is 1.67 bits per heavy atom. The fraction of sp³-hybridized carbons (Fsp3) is 0.526. The van der Waals surface area contributed by atoms with Crippen LogP contribution in [0, 0.1) is 11.3 Å². The second-order valence-corrected chi connectivity index (χ2v) is 7.25. The van der Waals surface area contributed by atoms with E-state index in [1.807, 2.05) is 12.1 Å². The average Bonchev–Trinajstić information content (AvgIpc) is 2.45. The average molecular weight is 286 g/mol. The van der Waals surface area contributed by atoms with Crippen molar-refractivity contribution < 1.29 is 9.90 Å². The molecule has 1 fully saturated rings. The van der Waals surface area contributed by atoms with Gasteiger partial charge >= 0.3 is 5.97 Å². The first-order valence-electron chi connectivity index (χ1n) is 7.87. The van der Waals surface area contributed by atoms with Gasteiger partial charge in [0.1, 0.15) is 0 Å². The van der Waals surface area contributed by atoms with Crippen LogP contribution in [0.25, 0.3) is 6.08 Å². The lowest BCUT2D eigenvalue weighted by molar-refractivity contribution is -0.131. The van der Waals surface area contributed by atoms with Crippen LogP contribution in [0.3, 0.4) is 0 Å². The third kappa shape index (κ3) is 4.45. The normalized spacial score (nSPS) is 23.4. The van der Waals surface area contributed by atoms with Gasteiger partial charge in [-0.05, 0) is 60.1 Å². The molecule has 21 heavy (non-hydrogen) atoms. The lowest BCUT2D eigenvalue weighted by Crippen LogP contribution is -2.25. The molecule has 0 atom stereocenters. The van der Waals surface area contributed by atoms with Crippen molar-refractivity contribution in [3.8, 4) is 0 Å². The highest BCUT2D eigenvalue weighted by atomic mass is 16.4. The summed E-state index contributed by atoms with van der Waals surface area (Å²) in [5, 5.41) is 8.64. The molecule has 0 heterocycles. The molecule has 2 heteroatoms. The van der Waals surface area contributed by atoms with Gasteiger partial charge < -0.3 is 5.11 Å². The second-order valence-electron chi connectivity index (χ2n) is 7.25. The number of aliphatic carboxylic acids is 1. The van der Waals surface area contributed by atoms with Crippen LogP contribution in [0.5, 0.6) is 0 Å². The SMILES string of the molecule is CC(C)(C)C1CCC(c2ccc(C=CC(=O)O)cc2)CC1. The molecule has 0 aromatic heterocycles. The number of hydrogen-bond acceptors (Lipinski definition) is 1. The third-order valence-electron chi connectivity index (χ3n) is 4.78. The summed E-state index contributed by atoms with van der Waals surface area (Å²) in [6.45, 7) is 7.05. The van der Waals surface area contributed by atoms with Crippen LogP contribution in [-0.4, -0.2) is 11.1 Å².